The van der Waals surface area contributed by atoms with Crippen molar-refractivity contribution in [3.8, 4) is 5.75 Å². The van der Waals surface area contributed by atoms with Crippen LogP contribution >= 0.6 is 24.8 Å². The van der Waals surface area contributed by atoms with E-state index in [0.717, 1.165) is 37.3 Å². The lowest BCUT2D eigenvalue weighted by Gasteiger charge is -2.17. The lowest BCUT2D eigenvalue weighted by molar-refractivity contribution is 0.295. The van der Waals surface area contributed by atoms with Crippen molar-refractivity contribution in [2.45, 2.75) is 46.5 Å². The highest BCUT2D eigenvalue weighted by Crippen LogP contribution is 2.33. The van der Waals surface area contributed by atoms with Crippen LogP contribution in [0.1, 0.15) is 45.1 Å². The number of benzene rings is 1. The van der Waals surface area contributed by atoms with Crippen molar-refractivity contribution in [1.82, 2.24) is 9.88 Å². The van der Waals surface area contributed by atoms with Crippen LogP contribution in [0.15, 0.2) is 18.3 Å². The highest BCUT2D eigenvalue weighted by molar-refractivity contribution is 5.94. The smallest absolute Gasteiger partial charge is 0.174 e. The number of unbranched alkanes of at least 4 members (excludes halogenated alkanes) is 3. The van der Waals surface area contributed by atoms with E-state index in [0.29, 0.717) is 10.9 Å². The number of aromatic nitrogens is 1. The normalized spacial score (nSPS) is 10.5. The summed E-state index contributed by atoms with van der Waals surface area (Å²) in [7, 11) is 1.50. The third-order valence-electron chi connectivity index (χ3n) is 4.96. The van der Waals surface area contributed by atoms with Crippen LogP contribution < -0.4 is 10.1 Å². The molecule has 0 radical (unpaired) electrons. The molecule has 1 aromatic carbocycles. The first-order valence-corrected chi connectivity index (χ1v) is 9.70. The zero-order chi connectivity index (χ0) is 18.9. The van der Waals surface area contributed by atoms with Crippen LogP contribution in [0.2, 0.25) is 0 Å². The van der Waals surface area contributed by atoms with Gasteiger partial charge >= 0.3 is 0 Å². The minimum Gasteiger partial charge on any atom is -0.494 e. The van der Waals surface area contributed by atoms with Gasteiger partial charge in [0.15, 0.2) is 11.6 Å². The predicted octanol–water partition coefficient (Wildman–Crippen LogP) is 5.85. The number of nitrogens with zero attached hydrogens (tertiary/aromatic N) is 2. The van der Waals surface area contributed by atoms with Gasteiger partial charge in [0.2, 0.25) is 0 Å². The molecule has 2 rings (SSSR count). The van der Waals surface area contributed by atoms with Crippen LogP contribution in [0, 0.1) is 12.7 Å². The Kier molecular flexibility index (Phi) is 13.2. The maximum atomic E-state index is 14.6. The van der Waals surface area contributed by atoms with Crippen molar-refractivity contribution in [1.29, 1.82) is 0 Å². The van der Waals surface area contributed by atoms with Crippen molar-refractivity contribution in [2.24, 2.45) is 0 Å². The molecule has 0 unspecified atom stereocenters. The highest BCUT2D eigenvalue weighted by atomic mass is 35.5. The van der Waals surface area contributed by atoms with Crippen LogP contribution in [-0.2, 0) is 0 Å². The Labute approximate surface area is 181 Å². The van der Waals surface area contributed by atoms with Crippen LogP contribution in [0.4, 0.5) is 10.1 Å². The van der Waals surface area contributed by atoms with E-state index in [-0.39, 0.29) is 36.4 Å². The first-order valence-electron chi connectivity index (χ1n) is 9.70. The monoisotopic (exact) mass is 433 g/mol. The molecule has 1 heterocycles. The average Bonchev–Trinajstić information content (AvgIpc) is 2.65. The summed E-state index contributed by atoms with van der Waals surface area (Å²) in [5, 5.41) is 3.95. The van der Waals surface area contributed by atoms with Gasteiger partial charge in [0.1, 0.15) is 0 Å². The molecule has 0 aliphatic heterocycles. The van der Waals surface area contributed by atoms with Crippen molar-refractivity contribution in [3.63, 3.8) is 0 Å². The molecule has 0 saturated carbocycles. The average molecular weight is 434 g/mol. The summed E-state index contributed by atoms with van der Waals surface area (Å²) in [5.41, 5.74) is 2.38. The molecule has 0 atom stereocenters. The van der Waals surface area contributed by atoms with Gasteiger partial charge in [-0.15, -0.1) is 24.8 Å². The molecule has 0 aliphatic rings. The van der Waals surface area contributed by atoms with Crippen LogP contribution in [0.25, 0.3) is 10.9 Å². The minimum atomic E-state index is -0.338. The molecule has 7 heteroatoms. The number of anilines is 1. The molecule has 4 nitrogen and oxygen atoms in total. The van der Waals surface area contributed by atoms with Crippen molar-refractivity contribution < 1.29 is 9.13 Å². The summed E-state index contributed by atoms with van der Waals surface area (Å²) in [6.07, 6.45) is 6.49. The summed E-state index contributed by atoms with van der Waals surface area (Å²) in [6, 6.07) is 3.54. The Bertz CT molecular complexity index is 712. The Balaban J connectivity index is 0.00000364. The fraction of sp³-hybridized carbons (Fsp3) is 0.571. The maximum absolute atomic E-state index is 14.6. The van der Waals surface area contributed by atoms with E-state index >= 15 is 0 Å². The second-order valence-electron chi connectivity index (χ2n) is 6.66. The molecule has 1 N–H and O–H groups in total. The van der Waals surface area contributed by atoms with Crippen LogP contribution in [-0.4, -0.2) is 43.2 Å². The second-order valence-corrected chi connectivity index (χ2v) is 6.66. The molecular weight excluding hydrogens is 400 g/mol. The Morgan fingerprint density at radius 1 is 1.11 bits per heavy atom. The van der Waals surface area contributed by atoms with Crippen molar-refractivity contribution >= 4 is 41.4 Å². The number of hydrogen-bond donors (Lipinski definition) is 1. The van der Waals surface area contributed by atoms with Gasteiger partial charge in [-0.1, -0.05) is 26.7 Å². The maximum Gasteiger partial charge on any atom is 0.174 e. The standard InChI is InChI=1S/C21H32FN3O.2ClH/c1-5-25(6-2)14-10-8-7-9-12-23-17-15-18(26-4)20(22)19-16(3)11-13-24-21(17)19;;/h11,13,15,23H,5-10,12,14H2,1-4H3;2*1H. The number of fused-ring (bicyclic) bond motifs is 1. The Morgan fingerprint density at radius 2 is 1.79 bits per heavy atom. The van der Waals surface area contributed by atoms with Gasteiger partial charge in [0.25, 0.3) is 0 Å². The number of nitrogens with one attached hydrogen (secondary N) is 1. The van der Waals surface area contributed by atoms with E-state index in [1.165, 1.54) is 32.9 Å². The first kappa shape index (κ1) is 26.7. The van der Waals surface area contributed by atoms with Gasteiger partial charge in [-0.05, 0) is 51.0 Å². The molecule has 0 amide bonds. The third-order valence-corrected chi connectivity index (χ3v) is 4.96. The fourth-order valence-corrected chi connectivity index (χ4v) is 3.29. The molecule has 0 bridgehead atoms. The fourth-order valence-electron chi connectivity index (χ4n) is 3.29. The quantitative estimate of drug-likeness (QED) is 0.451. The zero-order valence-corrected chi connectivity index (χ0v) is 19.0. The molecule has 0 spiro atoms. The lowest BCUT2D eigenvalue weighted by atomic mass is 10.1. The first-order chi connectivity index (χ1) is 12.6. The van der Waals surface area contributed by atoms with Gasteiger partial charge in [0, 0.05) is 24.2 Å². The van der Waals surface area contributed by atoms with E-state index in [4.69, 9.17) is 4.74 Å². The van der Waals surface area contributed by atoms with E-state index in [2.05, 4.69) is 29.0 Å². The minimum absolute atomic E-state index is 0. The topological polar surface area (TPSA) is 37.4 Å². The summed E-state index contributed by atoms with van der Waals surface area (Å²) < 4.78 is 19.8. The third kappa shape index (κ3) is 6.94. The zero-order valence-electron chi connectivity index (χ0n) is 17.4. The van der Waals surface area contributed by atoms with Crippen molar-refractivity contribution in [2.75, 3.05) is 38.6 Å². The molecule has 160 valence electrons. The SMILES string of the molecule is CCN(CC)CCCCCCNc1cc(OC)c(F)c2c(C)ccnc12.Cl.Cl. The predicted molar refractivity (Wildman–Crippen MR) is 122 cm³/mol. The van der Waals surface area contributed by atoms with Crippen LogP contribution in [0.5, 0.6) is 5.75 Å². The largest absolute Gasteiger partial charge is 0.494 e. The Morgan fingerprint density at radius 3 is 2.43 bits per heavy atom. The summed E-state index contributed by atoms with van der Waals surface area (Å²) in [5.74, 6) is -0.0784. The highest BCUT2D eigenvalue weighted by Gasteiger charge is 2.15. The van der Waals surface area contributed by atoms with Gasteiger partial charge < -0.3 is 15.0 Å². The van der Waals surface area contributed by atoms with E-state index in [1.54, 1.807) is 12.3 Å². The number of rotatable bonds is 11. The molecule has 1 aromatic heterocycles. The van der Waals surface area contributed by atoms with Crippen LogP contribution in [0.3, 0.4) is 0 Å². The number of pyridine rings is 1. The van der Waals surface area contributed by atoms with Gasteiger partial charge in [0.05, 0.1) is 18.3 Å². The van der Waals surface area contributed by atoms with Gasteiger partial charge in [-0.3, -0.25) is 4.98 Å². The summed E-state index contributed by atoms with van der Waals surface area (Å²) in [4.78, 5) is 6.84. The number of aryl methyl sites for hydroxylation is 1. The molecule has 0 aliphatic carbocycles. The molecule has 0 saturated heterocycles. The number of methoxy groups -OCH3 is 1. The number of hydrogen-bond acceptors (Lipinski definition) is 4. The lowest BCUT2D eigenvalue weighted by Crippen LogP contribution is -2.23. The van der Waals surface area contributed by atoms with Crippen molar-refractivity contribution in [3.05, 3.63) is 29.7 Å². The van der Waals surface area contributed by atoms with E-state index < -0.39 is 0 Å². The van der Waals surface area contributed by atoms with E-state index in [9.17, 15) is 4.39 Å². The summed E-state index contributed by atoms with van der Waals surface area (Å²) >= 11 is 0. The summed E-state index contributed by atoms with van der Waals surface area (Å²) in [6.45, 7) is 10.6. The molecule has 0 fully saturated rings. The van der Waals surface area contributed by atoms with Gasteiger partial charge in [-0.25, -0.2) is 4.39 Å². The van der Waals surface area contributed by atoms with E-state index in [1.807, 2.05) is 13.0 Å². The second kappa shape index (κ2) is 13.8. The van der Waals surface area contributed by atoms with Gasteiger partial charge in [-0.2, -0.15) is 0 Å². The number of halogens is 3. The molecule has 2 aromatic rings. The number of ether oxygens (including phenoxy) is 1. The Hall–Kier alpha value is -1.30. The molecule has 28 heavy (non-hydrogen) atoms. The molecular formula is C21H34Cl2FN3O.